The lowest BCUT2D eigenvalue weighted by Crippen LogP contribution is -2.44. The van der Waals surface area contributed by atoms with E-state index in [1.54, 1.807) is 0 Å². The highest BCUT2D eigenvalue weighted by Crippen LogP contribution is 2.40. The Balaban J connectivity index is 2.93. The number of hydrogen-bond donors (Lipinski definition) is 1. The highest BCUT2D eigenvalue weighted by Gasteiger charge is 2.46. The van der Waals surface area contributed by atoms with Crippen LogP contribution in [0.25, 0.3) is 0 Å². The lowest BCUT2D eigenvalue weighted by molar-refractivity contribution is -0.169. The van der Waals surface area contributed by atoms with Gasteiger partial charge in [-0.1, -0.05) is 6.08 Å². The third-order valence-electron chi connectivity index (χ3n) is 3.19. The van der Waals surface area contributed by atoms with Gasteiger partial charge in [0.2, 0.25) is 0 Å². The van der Waals surface area contributed by atoms with E-state index >= 15 is 0 Å². The van der Waals surface area contributed by atoms with Crippen LogP contribution < -0.4 is 0 Å². The van der Waals surface area contributed by atoms with Gasteiger partial charge in [-0.3, -0.25) is 14.4 Å². The van der Waals surface area contributed by atoms with Gasteiger partial charge < -0.3 is 14.6 Å². The summed E-state index contributed by atoms with van der Waals surface area (Å²) in [4.78, 5) is 33.4. The summed E-state index contributed by atoms with van der Waals surface area (Å²) in [6.07, 6.45) is 0.727. The van der Waals surface area contributed by atoms with Gasteiger partial charge in [0.25, 0.3) is 0 Å². The fourth-order valence-corrected chi connectivity index (χ4v) is 2.43. The molecule has 0 spiro atoms. The number of rotatable bonds is 4. The minimum atomic E-state index is -1.24. The van der Waals surface area contributed by atoms with Gasteiger partial charge in [-0.25, -0.2) is 0 Å². The lowest BCUT2D eigenvalue weighted by atomic mass is 9.71. The van der Waals surface area contributed by atoms with Crippen molar-refractivity contribution >= 4 is 17.9 Å². The summed E-state index contributed by atoms with van der Waals surface area (Å²) in [6.45, 7) is 6.05. The molecule has 1 fully saturated rings. The molecule has 2 unspecified atom stereocenters. The molecular formula is C13H18O6. The van der Waals surface area contributed by atoms with Gasteiger partial charge in [0.1, 0.15) is 12.2 Å². The van der Waals surface area contributed by atoms with Crippen molar-refractivity contribution in [3.63, 3.8) is 0 Å². The Morgan fingerprint density at radius 2 is 1.58 bits per heavy atom. The molecule has 19 heavy (non-hydrogen) atoms. The van der Waals surface area contributed by atoms with E-state index < -0.39 is 35.5 Å². The summed E-state index contributed by atoms with van der Waals surface area (Å²) in [5.74, 6) is -2.04. The molecule has 0 aromatic heterocycles. The van der Waals surface area contributed by atoms with Crippen LogP contribution in [0.2, 0.25) is 0 Å². The summed E-state index contributed by atoms with van der Waals surface area (Å²) < 4.78 is 10.1. The molecule has 1 aliphatic rings. The number of ether oxygens (including phenoxy) is 2. The van der Waals surface area contributed by atoms with Gasteiger partial charge in [-0.15, -0.1) is 6.58 Å². The summed E-state index contributed by atoms with van der Waals surface area (Å²) in [5, 5.41) is 9.34. The number of aliphatic carboxylic acids is 1. The summed E-state index contributed by atoms with van der Waals surface area (Å²) in [7, 11) is 0. The van der Waals surface area contributed by atoms with Crippen LogP contribution in [0, 0.1) is 5.41 Å². The Labute approximate surface area is 111 Å². The van der Waals surface area contributed by atoms with Gasteiger partial charge in [0.15, 0.2) is 0 Å². The molecule has 1 rings (SSSR count). The van der Waals surface area contributed by atoms with Crippen LogP contribution in [0.1, 0.15) is 33.1 Å². The molecule has 0 aliphatic heterocycles. The zero-order valence-corrected chi connectivity index (χ0v) is 11.0. The maximum absolute atomic E-state index is 11.4. The molecule has 106 valence electrons. The molecule has 6 nitrogen and oxygen atoms in total. The average molecular weight is 270 g/mol. The van der Waals surface area contributed by atoms with E-state index in [0.29, 0.717) is 6.42 Å². The SMILES string of the molecule is C=CC1(C(=O)O)CC(OC(C)=O)CC(OC(C)=O)C1. The van der Waals surface area contributed by atoms with Crippen LogP contribution in [0.15, 0.2) is 12.7 Å². The number of carboxylic acids is 1. The molecule has 0 bridgehead atoms. The third-order valence-corrected chi connectivity index (χ3v) is 3.19. The average Bonchev–Trinajstić information content (AvgIpc) is 2.26. The first-order valence-corrected chi connectivity index (χ1v) is 6.00. The van der Waals surface area contributed by atoms with Crippen molar-refractivity contribution in [1.29, 1.82) is 0 Å². The predicted octanol–water partition coefficient (Wildman–Crippen LogP) is 1.29. The molecule has 2 atom stereocenters. The van der Waals surface area contributed by atoms with Crippen molar-refractivity contribution in [2.24, 2.45) is 5.41 Å². The highest BCUT2D eigenvalue weighted by atomic mass is 16.6. The normalized spacial score (nSPS) is 30.2. The first-order chi connectivity index (χ1) is 8.79. The molecular weight excluding hydrogens is 252 g/mol. The van der Waals surface area contributed by atoms with Crippen molar-refractivity contribution in [2.45, 2.75) is 45.3 Å². The Morgan fingerprint density at radius 1 is 1.16 bits per heavy atom. The molecule has 1 N–H and O–H groups in total. The third kappa shape index (κ3) is 3.81. The highest BCUT2D eigenvalue weighted by molar-refractivity contribution is 5.77. The summed E-state index contributed by atoms with van der Waals surface area (Å²) in [6, 6.07) is 0. The van der Waals surface area contributed by atoms with Crippen LogP contribution in [0.5, 0.6) is 0 Å². The molecule has 0 radical (unpaired) electrons. The number of carbonyl (C=O) groups excluding carboxylic acids is 2. The molecule has 6 heteroatoms. The molecule has 0 aromatic rings. The molecule has 0 aromatic carbocycles. The smallest absolute Gasteiger partial charge is 0.313 e. The van der Waals surface area contributed by atoms with E-state index in [4.69, 9.17) is 9.47 Å². The lowest BCUT2D eigenvalue weighted by Gasteiger charge is -2.38. The molecule has 0 saturated heterocycles. The monoisotopic (exact) mass is 270 g/mol. The van der Waals surface area contributed by atoms with Crippen LogP contribution in [-0.4, -0.2) is 35.2 Å². The van der Waals surface area contributed by atoms with E-state index in [-0.39, 0.29) is 12.8 Å². The van der Waals surface area contributed by atoms with Crippen LogP contribution in [-0.2, 0) is 23.9 Å². The number of hydrogen-bond acceptors (Lipinski definition) is 5. The number of carboxylic acid groups (broad SMARTS) is 1. The Bertz CT molecular complexity index is 376. The first kappa shape index (κ1) is 15.2. The Kier molecular flexibility index (Phi) is 4.69. The fourth-order valence-electron chi connectivity index (χ4n) is 2.43. The molecule has 0 heterocycles. The quantitative estimate of drug-likeness (QED) is 0.611. The van der Waals surface area contributed by atoms with E-state index in [1.165, 1.54) is 19.9 Å². The van der Waals surface area contributed by atoms with E-state index in [1.807, 2.05) is 0 Å². The maximum atomic E-state index is 11.4. The molecule has 1 saturated carbocycles. The van der Waals surface area contributed by atoms with E-state index in [0.717, 1.165) is 0 Å². The van der Waals surface area contributed by atoms with Gasteiger partial charge in [0, 0.05) is 33.1 Å². The number of carbonyl (C=O) groups is 3. The maximum Gasteiger partial charge on any atom is 0.313 e. The van der Waals surface area contributed by atoms with E-state index in [9.17, 15) is 19.5 Å². The minimum Gasteiger partial charge on any atom is -0.481 e. The second-order valence-electron chi connectivity index (χ2n) is 4.77. The van der Waals surface area contributed by atoms with Gasteiger partial charge in [-0.2, -0.15) is 0 Å². The largest absolute Gasteiger partial charge is 0.481 e. The first-order valence-electron chi connectivity index (χ1n) is 6.00. The minimum absolute atomic E-state index is 0.142. The fraction of sp³-hybridized carbons (Fsp3) is 0.615. The van der Waals surface area contributed by atoms with Crippen molar-refractivity contribution in [1.82, 2.24) is 0 Å². The van der Waals surface area contributed by atoms with Crippen LogP contribution >= 0.6 is 0 Å². The van der Waals surface area contributed by atoms with Crippen molar-refractivity contribution in [2.75, 3.05) is 0 Å². The van der Waals surface area contributed by atoms with Gasteiger partial charge in [0.05, 0.1) is 5.41 Å². The predicted molar refractivity (Wildman–Crippen MR) is 65.2 cm³/mol. The zero-order chi connectivity index (χ0) is 14.6. The molecule has 1 aliphatic carbocycles. The second-order valence-corrected chi connectivity index (χ2v) is 4.77. The van der Waals surface area contributed by atoms with Gasteiger partial charge >= 0.3 is 17.9 Å². The van der Waals surface area contributed by atoms with Gasteiger partial charge in [-0.05, 0) is 0 Å². The Hall–Kier alpha value is -1.85. The van der Waals surface area contributed by atoms with Crippen molar-refractivity contribution < 1.29 is 29.0 Å². The Morgan fingerprint density at radius 3 is 1.84 bits per heavy atom. The molecule has 0 amide bonds. The zero-order valence-electron chi connectivity index (χ0n) is 11.0. The van der Waals surface area contributed by atoms with Crippen LogP contribution in [0.4, 0.5) is 0 Å². The van der Waals surface area contributed by atoms with E-state index in [2.05, 4.69) is 6.58 Å². The van der Waals surface area contributed by atoms with Crippen molar-refractivity contribution in [3.05, 3.63) is 12.7 Å². The van der Waals surface area contributed by atoms with Crippen LogP contribution in [0.3, 0.4) is 0 Å². The topological polar surface area (TPSA) is 89.9 Å². The van der Waals surface area contributed by atoms with Crippen molar-refractivity contribution in [3.8, 4) is 0 Å². The second kappa shape index (κ2) is 5.86. The standard InChI is InChI=1S/C13H18O6/c1-4-13(12(16)17)6-10(18-8(2)14)5-11(7-13)19-9(3)15/h4,10-11H,1,5-7H2,2-3H3,(H,16,17). The summed E-state index contributed by atoms with van der Waals surface area (Å²) in [5.41, 5.74) is -1.24. The summed E-state index contributed by atoms with van der Waals surface area (Å²) >= 11 is 0. The number of esters is 2.